The fourth-order valence-electron chi connectivity index (χ4n) is 2.52. The van der Waals surface area contributed by atoms with Crippen LogP contribution < -0.4 is 5.32 Å². The topological polar surface area (TPSA) is 86.6 Å². The van der Waals surface area contributed by atoms with Gasteiger partial charge in [0.25, 0.3) is 5.91 Å². The Kier molecular flexibility index (Phi) is 4.74. The van der Waals surface area contributed by atoms with E-state index in [0.29, 0.717) is 12.1 Å². The summed E-state index contributed by atoms with van der Waals surface area (Å²) < 4.78 is 0. The highest BCUT2D eigenvalue weighted by atomic mass is 16.4. The van der Waals surface area contributed by atoms with Gasteiger partial charge in [0.2, 0.25) is 0 Å². The van der Waals surface area contributed by atoms with Crippen molar-refractivity contribution in [3.05, 3.63) is 35.4 Å². The summed E-state index contributed by atoms with van der Waals surface area (Å²) in [4.78, 5) is 22.7. The zero-order valence-corrected chi connectivity index (χ0v) is 11.2. The van der Waals surface area contributed by atoms with Crippen LogP contribution in [0.25, 0.3) is 0 Å². The van der Waals surface area contributed by atoms with Crippen LogP contribution in [0.1, 0.15) is 46.4 Å². The standard InChI is InChI=1S/C15H19NO4/c17-13-4-2-1-3-12(13)9-16-14(18)10-5-7-11(8-6-10)15(19)20/h5-8,12-13,17H,1-4,9H2,(H,16,18)(H,19,20)/t12-,13+/m0/s1. The summed E-state index contributed by atoms with van der Waals surface area (Å²) in [5.41, 5.74) is 0.588. The fourth-order valence-corrected chi connectivity index (χ4v) is 2.52. The molecule has 0 saturated heterocycles. The molecule has 1 aromatic carbocycles. The molecule has 1 aromatic rings. The van der Waals surface area contributed by atoms with Crippen molar-refractivity contribution in [3.8, 4) is 0 Å². The van der Waals surface area contributed by atoms with E-state index >= 15 is 0 Å². The maximum Gasteiger partial charge on any atom is 0.335 e. The van der Waals surface area contributed by atoms with Gasteiger partial charge in [0.05, 0.1) is 11.7 Å². The molecule has 0 spiro atoms. The minimum Gasteiger partial charge on any atom is -0.478 e. The maximum atomic E-state index is 11.9. The number of amides is 1. The summed E-state index contributed by atoms with van der Waals surface area (Å²) >= 11 is 0. The Morgan fingerprint density at radius 1 is 1.10 bits per heavy atom. The molecular weight excluding hydrogens is 258 g/mol. The van der Waals surface area contributed by atoms with E-state index in [1.165, 1.54) is 24.3 Å². The second kappa shape index (κ2) is 6.52. The largest absolute Gasteiger partial charge is 0.478 e. The summed E-state index contributed by atoms with van der Waals surface area (Å²) in [6, 6.07) is 5.81. The molecule has 5 nitrogen and oxygen atoms in total. The number of carboxylic acid groups (broad SMARTS) is 1. The van der Waals surface area contributed by atoms with E-state index in [2.05, 4.69) is 5.32 Å². The van der Waals surface area contributed by atoms with Crippen LogP contribution in [0.2, 0.25) is 0 Å². The minimum atomic E-state index is -1.01. The van der Waals surface area contributed by atoms with Crippen molar-refractivity contribution in [2.45, 2.75) is 31.8 Å². The third kappa shape index (κ3) is 3.57. The lowest BCUT2D eigenvalue weighted by molar-refractivity contribution is 0.0660. The Morgan fingerprint density at radius 3 is 2.30 bits per heavy atom. The van der Waals surface area contributed by atoms with Gasteiger partial charge in [-0.1, -0.05) is 12.8 Å². The Labute approximate surface area is 117 Å². The number of rotatable bonds is 4. The van der Waals surface area contributed by atoms with Gasteiger partial charge in [-0.25, -0.2) is 4.79 Å². The number of benzene rings is 1. The number of aliphatic hydroxyl groups is 1. The Bertz CT molecular complexity index is 483. The second-order valence-electron chi connectivity index (χ2n) is 5.20. The van der Waals surface area contributed by atoms with Gasteiger partial charge in [-0.3, -0.25) is 4.79 Å². The number of carbonyl (C=O) groups excluding carboxylic acids is 1. The molecule has 0 radical (unpaired) electrons. The molecule has 0 aliphatic heterocycles. The number of hydrogen-bond acceptors (Lipinski definition) is 3. The lowest BCUT2D eigenvalue weighted by atomic mass is 9.86. The predicted octanol–water partition coefficient (Wildman–Crippen LogP) is 1.67. The van der Waals surface area contributed by atoms with Crippen molar-refractivity contribution in [1.82, 2.24) is 5.32 Å². The van der Waals surface area contributed by atoms with Crippen LogP contribution in [-0.2, 0) is 0 Å². The second-order valence-corrected chi connectivity index (χ2v) is 5.20. The average Bonchev–Trinajstić information content (AvgIpc) is 2.46. The van der Waals surface area contributed by atoms with E-state index in [-0.39, 0.29) is 23.5 Å². The third-order valence-electron chi connectivity index (χ3n) is 3.79. The quantitative estimate of drug-likeness (QED) is 0.781. The first-order chi connectivity index (χ1) is 9.58. The third-order valence-corrected chi connectivity index (χ3v) is 3.79. The van der Waals surface area contributed by atoms with Gasteiger partial charge in [0.1, 0.15) is 0 Å². The maximum absolute atomic E-state index is 11.9. The van der Waals surface area contributed by atoms with Gasteiger partial charge in [-0.05, 0) is 37.1 Å². The number of carbonyl (C=O) groups is 2. The van der Waals surface area contributed by atoms with Gasteiger partial charge in [0.15, 0.2) is 0 Å². The van der Waals surface area contributed by atoms with E-state index in [0.717, 1.165) is 25.7 Å². The van der Waals surface area contributed by atoms with Crippen LogP contribution in [0, 0.1) is 5.92 Å². The van der Waals surface area contributed by atoms with Crippen molar-refractivity contribution >= 4 is 11.9 Å². The first-order valence-electron chi connectivity index (χ1n) is 6.87. The van der Waals surface area contributed by atoms with Crippen LogP contribution in [0.4, 0.5) is 0 Å². The van der Waals surface area contributed by atoms with Crippen LogP contribution in [-0.4, -0.2) is 34.7 Å². The monoisotopic (exact) mass is 277 g/mol. The van der Waals surface area contributed by atoms with Gasteiger partial charge in [0, 0.05) is 18.0 Å². The molecule has 0 unspecified atom stereocenters. The van der Waals surface area contributed by atoms with Gasteiger partial charge >= 0.3 is 5.97 Å². The van der Waals surface area contributed by atoms with Gasteiger partial charge in [-0.2, -0.15) is 0 Å². The first kappa shape index (κ1) is 14.5. The summed E-state index contributed by atoms with van der Waals surface area (Å²) in [6.45, 7) is 0.459. The molecule has 3 N–H and O–H groups in total. The van der Waals surface area contributed by atoms with Crippen LogP contribution in [0.15, 0.2) is 24.3 Å². The summed E-state index contributed by atoms with van der Waals surface area (Å²) in [5.74, 6) is -1.13. The van der Waals surface area contributed by atoms with E-state index in [9.17, 15) is 14.7 Å². The number of aliphatic hydroxyl groups excluding tert-OH is 1. The number of nitrogens with one attached hydrogen (secondary N) is 1. The SMILES string of the molecule is O=C(O)c1ccc(C(=O)NC[C@@H]2CCCC[C@H]2O)cc1. The number of carboxylic acids is 1. The van der Waals surface area contributed by atoms with Crippen LogP contribution >= 0.6 is 0 Å². The van der Waals surface area contributed by atoms with E-state index < -0.39 is 5.97 Å². The molecule has 1 aliphatic rings. The molecule has 1 fully saturated rings. The minimum absolute atomic E-state index is 0.117. The molecule has 1 aliphatic carbocycles. The highest BCUT2D eigenvalue weighted by Crippen LogP contribution is 2.23. The molecule has 5 heteroatoms. The molecule has 2 atom stereocenters. The van der Waals surface area contributed by atoms with Crippen molar-refractivity contribution < 1.29 is 19.8 Å². The Morgan fingerprint density at radius 2 is 1.70 bits per heavy atom. The van der Waals surface area contributed by atoms with Crippen LogP contribution in [0.3, 0.4) is 0 Å². The first-order valence-corrected chi connectivity index (χ1v) is 6.87. The highest BCUT2D eigenvalue weighted by Gasteiger charge is 2.23. The normalized spacial score (nSPS) is 22.2. The predicted molar refractivity (Wildman–Crippen MR) is 73.7 cm³/mol. The van der Waals surface area contributed by atoms with E-state index in [4.69, 9.17) is 5.11 Å². The molecule has 108 valence electrons. The van der Waals surface area contributed by atoms with Crippen molar-refractivity contribution in [2.24, 2.45) is 5.92 Å². The van der Waals surface area contributed by atoms with E-state index in [1.807, 2.05) is 0 Å². The average molecular weight is 277 g/mol. The fraction of sp³-hybridized carbons (Fsp3) is 0.467. The summed E-state index contributed by atoms with van der Waals surface area (Å²) in [7, 11) is 0. The van der Waals surface area contributed by atoms with Crippen molar-refractivity contribution in [2.75, 3.05) is 6.54 Å². The summed E-state index contributed by atoms with van der Waals surface area (Å²) in [5, 5.41) is 21.4. The lowest BCUT2D eigenvalue weighted by Gasteiger charge is -2.27. The molecule has 0 heterocycles. The molecule has 1 saturated carbocycles. The molecule has 20 heavy (non-hydrogen) atoms. The highest BCUT2D eigenvalue weighted by molar-refractivity contribution is 5.95. The zero-order valence-electron chi connectivity index (χ0n) is 11.2. The van der Waals surface area contributed by atoms with E-state index in [1.54, 1.807) is 0 Å². The van der Waals surface area contributed by atoms with Crippen molar-refractivity contribution in [3.63, 3.8) is 0 Å². The summed E-state index contributed by atoms with van der Waals surface area (Å²) in [6.07, 6.45) is 3.53. The van der Waals surface area contributed by atoms with Gasteiger partial charge in [-0.15, -0.1) is 0 Å². The number of hydrogen-bond donors (Lipinski definition) is 3. The zero-order chi connectivity index (χ0) is 14.5. The molecule has 2 rings (SSSR count). The lowest BCUT2D eigenvalue weighted by Crippen LogP contribution is -2.36. The molecule has 1 amide bonds. The van der Waals surface area contributed by atoms with Crippen LogP contribution in [0.5, 0.6) is 0 Å². The number of aromatic carboxylic acids is 1. The van der Waals surface area contributed by atoms with Crippen molar-refractivity contribution in [1.29, 1.82) is 0 Å². The molecule has 0 bridgehead atoms. The molecular formula is C15H19NO4. The van der Waals surface area contributed by atoms with Gasteiger partial charge < -0.3 is 15.5 Å². The Balaban J connectivity index is 1.89. The molecule has 0 aromatic heterocycles. The smallest absolute Gasteiger partial charge is 0.335 e. The Hall–Kier alpha value is -1.88.